The number of rotatable bonds is 2. The van der Waals surface area contributed by atoms with Gasteiger partial charge in [-0.2, -0.15) is 0 Å². The number of thiazole rings is 1. The van der Waals surface area contributed by atoms with Crippen LogP contribution in [0.3, 0.4) is 0 Å². The fourth-order valence-electron chi connectivity index (χ4n) is 1.26. The van der Waals surface area contributed by atoms with Crippen LogP contribution in [-0.4, -0.2) is 17.9 Å². The summed E-state index contributed by atoms with van der Waals surface area (Å²) in [4.78, 5) is 18.1. The molecule has 0 aliphatic carbocycles. The summed E-state index contributed by atoms with van der Waals surface area (Å²) in [5.74, 6) is -0.0244. The van der Waals surface area contributed by atoms with Crippen LogP contribution in [0, 0.1) is 0 Å². The van der Waals surface area contributed by atoms with Gasteiger partial charge in [0.15, 0.2) is 0 Å². The number of para-hydroxylation sites is 1. The van der Waals surface area contributed by atoms with Crippen molar-refractivity contribution in [3.05, 3.63) is 46.9 Å². The Morgan fingerprint density at radius 3 is 2.67 bits per heavy atom. The number of carbonyl (C=O) groups excluding carboxylic acids is 1. The number of aromatic nitrogens is 1. The first-order chi connectivity index (χ1) is 7.29. The Morgan fingerprint density at radius 2 is 2.07 bits per heavy atom. The zero-order valence-electron chi connectivity index (χ0n) is 8.25. The van der Waals surface area contributed by atoms with Crippen molar-refractivity contribution < 1.29 is 4.79 Å². The van der Waals surface area contributed by atoms with E-state index in [-0.39, 0.29) is 5.91 Å². The maximum Gasteiger partial charge on any atom is 0.269 e. The third-order valence-corrected chi connectivity index (χ3v) is 2.85. The van der Waals surface area contributed by atoms with E-state index in [1.807, 2.05) is 30.3 Å². The van der Waals surface area contributed by atoms with E-state index in [0.717, 1.165) is 5.69 Å². The SMILES string of the molecule is CN(C(=O)c1cncs1)c1ccccc1. The third kappa shape index (κ3) is 2.05. The Morgan fingerprint density at radius 1 is 1.33 bits per heavy atom. The number of hydrogen-bond donors (Lipinski definition) is 0. The molecule has 0 aliphatic rings. The molecule has 0 atom stereocenters. The van der Waals surface area contributed by atoms with E-state index in [2.05, 4.69) is 4.98 Å². The predicted molar refractivity (Wildman–Crippen MR) is 61.3 cm³/mol. The Labute approximate surface area is 92.0 Å². The molecule has 1 heterocycles. The van der Waals surface area contributed by atoms with Gasteiger partial charge >= 0.3 is 0 Å². The van der Waals surface area contributed by atoms with Crippen molar-refractivity contribution in [1.29, 1.82) is 0 Å². The highest BCUT2D eigenvalue weighted by Gasteiger charge is 2.13. The molecule has 1 aromatic heterocycles. The topological polar surface area (TPSA) is 33.2 Å². The molecule has 0 bridgehead atoms. The van der Waals surface area contributed by atoms with Crippen LogP contribution in [0.2, 0.25) is 0 Å². The molecule has 3 nitrogen and oxygen atoms in total. The Kier molecular flexibility index (Phi) is 2.78. The van der Waals surface area contributed by atoms with Gasteiger partial charge in [0.2, 0.25) is 0 Å². The molecule has 4 heteroatoms. The quantitative estimate of drug-likeness (QED) is 0.775. The van der Waals surface area contributed by atoms with Crippen molar-refractivity contribution in [3.63, 3.8) is 0 Å². The molecule has 0 fully saturated rings. The molecule has 0 unspecified atom stereocenters. The lowest BCUT2D eigenvalue weighted by atomic mass is 10.3. The van der Waals surface area contributed by atoms with E-state index < -0.39 is 0 Å². The number of amides is 1. The molecule has 15 heavy (non-hydrogen) atoms. The first-order valence-corrected chi connectivity index (χ1v) is 5.38. The smallest absolute Gasteiger partial charge is 0.269 e. The highest BCUT2D eigenvalue weighted by atomic mass is 32.1. The average molecular weight is 218 g/mol. The predicted octanol–water partition coefficient (Wildman–Crippen LogP) is 2.42. The zero-order valence-corrected chi connectivity index (χ0v) is 9.07. The van der Waals surface area contributed by atoms with E-state index in [9.17, 15) is 4.79 Å². The van der Waals surface area contributed by atoms with Gasteiger partial charge in [0.1, 0.15) is 4.88 Å². The number of carbonyl (C=O) groups is 1. The fraction of sp³-hybridized carbons (Fsp3) is 0.0909. The lowest BCUT2D eigenvalue weighted by molar-refractivity contribution is 0.0996. The van der Waals surface area contributed by atoms with Gasteiger partial charge in [0, 0.05) is 12.7 Å². The van der Waals surface area contributed by atoms with E-state index in [4.69, 9.17) is 0 Å². The number of anilines is 1. The summed E-state index contributed by atoms with van der Waals surface area (Å²) in [6, 6.07) is 9.55. The number of hydrogen-bond acceptors (Lipinski definition) is 3. The molecule has 0 saturated carbocycles. The summed E-state index contributed by atoms with van der Waals surface area (Å²) >= 11 is 1.35. The summed E-state index contributed by atoms with van der Waals surface area (Å²) in [7, 11) is 1.76. The van der Waals surface area contributed by atoms with Gasteiger partial charge in [-0.3, -0.25) is 9.78 Å². The van der Waals surface area contributed by atoms with Crippen molar-refractivity contribution in [3.8, 4) is 0 Å². The van der Waals surface area contributed by atoms with Gasteiger partial charge < -0.3 is 4.90 Å². The van der Waals surface area contributed by atoms with Crippen LogP contribution < -0.4 is 4.90 Å². The van der Waals surface area contributed by atoms with Gasteiger partial charge in [0.25, 0.3) is 5.91 Å². The second-order valence-electron chi connectivity index (χ2n) is 3.07. The van der Waals surface area contributed by atoms with Crippen LogP contribution in [-0.2, 0) is 0 Å². The molecule has 0 saturated heterocycles. The van der Waals surface area contributed by atoms with Crippen molar-refractivity contribution in [2.75, 3.05) is 11.9 Å². The Balaban J connectivity index is 2.23. The summed E-state index contributed by atoms with van der Waals surface area (Å²) in [5, 5.41) is 0. The monoisotopic (exact) mass is 218 g/mol. The second-order valence-corrected chi connectivity index (χ2v) is 3.95. The lowest BCUT2D eigenvalue weighted by Crippen LogP contribution is -2.25. The van der Waals surface area contributed by atoms with E-state index in [0.29, 0.717) is 4.88 Å². The van der Waals surface area contributed by atoms with Crippen LogP contribution >= 0.6 is 11.3 Å². The molecule has 2 rings (SSSR count). The van der Waals surface area contributed by atoms with E-state index in [1.165, 1.54) is 11.3 Å². The molecule has 76 valence electrons. The fourth-order valence-corrected chi connectivity index (χ4v) is 1.85. The van der Waals surface area contributed by atoms with Crippen LogP contribution in [0.5, 0.6) is 0 Å². The molecule has 1 amide bonds. The van der Waals surface area contributed by atoms with Crippen LogP contribution in [0.25, 0.3) is 0 Å². The molecule has 0 N–H and O–H groups in total. The Hall–Kier alpha value is -1.68. The minimum Gasteiger partial charge on any atom is -0.311 e. The highest BCUT2D eigenvalue weighted by molar-refractivity contribution is 7.11. The van der Waals surface area contributed by atoms with Gasteiger partial charge in [-0.15, -0.1) is 11.3 Å². The summed E-state index contributed by atoms with van der Waals surface area (Å²) < 4.78 is 0. The van der Waals surface area contributed by atoms with E-state index in [1.54, 1.807) is 23.7 Å². The highest BCUT2D eigenvalue weighted by Crippen LogP contribution is 2.16. The van der Waals surface area contributed by atoms with Gasteiger partial charge in [-0.25, -0.2) is 0 Å². The molecular weight excluding hydrogens is 208 g/mol. The second kappa shape index (κ2) is 4.23. The summed E-state index contributed by atoms with van der Waals surface area (Å²) in [6.07, 6.45) is 1.59. The van der Waals surface area contributed by atoms with Crippen molar-refractivity contribution in [2.45, 2.75) is 0 Å². The van der Waals surface area contributed by atoms with Crippen molar-refractivity contribution in [1.82, 2.24) is 4.98 Å². The number of benzene rings is 1. The molecule has 2 aromatic rings. The van der Waals surface area contributed by atoms with Crippen LogP contribution in [0.4, 0.5) is 5.69 Å². The first-order valence-electron chi connectivity index (χ1n) is 4.50. The summed E-state index contributed by atoms with van der Waals surface area (Å²) in [6.45, 7) is 0. The maximum atomic E-state index is 11.9. The standard InChI is InChI=1S/C11H10N2OS/c1-13(9-5-3-2-4-6-9)11(14)10-7-12-8-15-10/h2-8H,1H3. The average Bonchev–Trinajstić information content (AvgIpc) is 2.82. The number of nitrogens with zero attached hydrogens (tertiary/aromatic N) is 2. The minimum absolute atomic E-state index is 0.0244. The maximum absolute atomic E-state index is 11.9. The zero-order chi connectivity index (χ0) is 10.7. The van der Waals surface area contributed by atoms with Crippen molar-refractivity contribution >= 4 is 22.9 Å². The Bertz CT molecular complexity index is 439. The lowest BCUT2D eigenvalue weighted by Gasteiger charge is -2.15. The molecular formula is C11H10N2OS. The van der Waals surface area contributed by atoms with Crippen LogP contribution in [0.1, 0.15) is 9.67 Å². The first kappa shape index (κ1) is 9.86. The van der Waals surface area contributed by atoms with Gasteiger partial charge in [-0.1, -0.05) is 18.2 Å². The van der Waals surface area contributed by atoms with Gasteiger partial charge in [0.05, 0.1) is 11.7 Å². The van der Waals surface area contributed by atoms with Crippen LogP contribution in [0.15, 0.2) is 42.0 Å². The molecule has 1 aromatic carbocycles. The summed E-state index contributed by atoms with van der Waals surface area (Å²) in [5.41, 5.74) is 2.54. The third-order valence-electron chi connectivity index (χ3n) is 2.09. The largest absolute Gasteiger partial charge is 0.311 e. The van der Waals surface area contributed by atoms with E-state index >= 15 is 0 Å². The molecule has 0 aliphatic heterocycles. The van der Waals surface area contributed by atoms with Gasteiger partial charge in [-0.05, 0) is 12.1 Å². The minimum atomic E-state index is -0.0244. The normalized spacial score (nSPS) is 9.93. The molecule has 0 radical (unpaired) electrons. The van der Waals surface area contributed by atoms with Crippen molar-refractivity contribution in [2.24, 2.45) is 0 Å². The molecule has 0 spiro atoms.